The van der Waals surface area contributed by atoms with E-state index in [2.05, 4.69) is 5.32 Å². The van der Waals surface area contributed by atoms with Crippen LogP contribution in [-0.2, 0) is 16.0 Å². The largest absolute Gasteiger partial charge is 0.344 e. The number of amides is 1. The summed E-state index contributed by atoms with van der Waals surface area (Å²) in [6, 6.07) is 5.80. The van der Waals surface area contributed by atoms with Gasteiger partial charge in [-0.2, -0.15) is 0 Å². The van der Waals surface area contributed by atoms with Crippen molar-refractivity contribution in [1.29, 1.82) is 0 Å². The zero-order valence-corrected chi connectivity index (χ0v) is 12.5. The van der Waals surface area contributed by atoms with E-state index in [0.29, 0.717) is 11.4 Å². The van der Waals surface area contributed by atoms with Crippen molar-refractivity contribution < 1.29 is 9.59 Å². The topological polar surface area (TPSA) is 72.2 Å². The molecule has 3 N–H and O–H groups in total. The molecule has 0 heterocycles. The Labute approximate surface area is 124 Å². The molecule has 0 saturated carbocycles. The standard InChI is InChI=1S/C15H20ClN2O2/c1-3-10(2)14(17)15(20)18-13(9-19)8-11-4-6-12(16)7-5-11/h4-7,10,13-14H,3,8,17H2,1-2H3,(H,18,20)/t10-,13-,14+/m0/s1. The Kier molecular flexibility index (Phi) is 6.68. The lowest BCUT2D eigenvalue weighted by molar-refractivity contribution is -0.123. The fraction of sp³-hybridized carbons (Fsp3) is 0.467. The normalized spacial score (nSPS) is 15.2. The van der Waals surface area contributed by atoms with Gasteiger partial charge in [0.2, 0.25) is 12.2 Å². The highest BCUT2D eigenvalue weighted by atomic mass is 35.5. The third kappa shape index (κ3) is 4.94. The summed E-state index contributed by atoms with van der Waals surface area (Å²) >= 11 is 5.80. The van der Waals surface area contributed by atoms with Crippen LogP contribution in [0.5, 0.6) is 0 Å². The second-order valence-corrected chi connectivity index (χ2v) is 5.36. The average Bonchev–Trinajstić information content (AvgIpc) is 2.46. The van der Waals surface area contributed by atoms with Crippen molar-refractivity contribution in [2.24, 2.45) is 11.7 Å². The van der Waals surface area contributed by atoms with Crippen LogP contribution in [0.4, 0.5) is 0 Å². The first kappa shape index (κ1) is 16.7. The van der Waals surface area contributed by atoms with Gasteiger partial charge in [0, 0.05) is 11.4 Å². The van der Waals surface area contributed by atoms with E-state index in [1.54, 1.807) is 12.1 Å². The first-order valence-electron chi connectivity index (χ1n) is 6.66. The number of nitrogens with one attached hydrogen (secondary N) is 1. The highest BCUT2D eigenvalue weighted by Crippen LogP contribution is 2.11. The molecule has 3 atom stereocenters. The highest BCUT2D eigenvalue weighted by Gasteiger charge is 2.22. The fourth-order valence-corrected chi connectivity index (χ4v) is 1.88. The van der Waals surface area contributed by atoms with Gasteiger partial charge in [0.1, 0.15) is 0 Å². The van der Waals surface area contributed by atoms with E-state index < -0.39 is 12.1 Å². The molecule has 1 aromatic carbocycles. The molecule has 1 radical (unpaired) electrons. The number of nitrogens with two attached hydrogens (primary N) is 1. The van der Waals surface area contributed by atoms with Crippen LogP contribution in [-0.4, -0.2) is 24.3 Å². The number of hydrogen-bond donors (Lipinski definition) is 2. The van der Waals surface area contributed by atoms with Crippen molar-refractivity contribution in [1.82, 2.24) is 5.32 Å². The van der Waals surface area contributed by atoms with Crippen molar-refractivity contribution >= 4 is 23.8 Å². The Hall–Kier alpha value is -1.39. The quantitative estimate of drug-likeness (QED) is 0.806. The Morgan fingerprint density at radius 2 is 2.00 bits per heavy atom. The zero-order valence-electron chi connectivity index (χ0n) is 11.7. The van der Waals surface area contributed by atoms with Crippen molar-refractivity contribution in [3.63, 3.8) is 0 Å². The van der Waals surface area contributed by atoms with Gasteiger partial charge in [0.05, 0.1) is 12.1 Å². The van der Waals surface area contributed by atoms with Gasteiger partial charge in [0.15, 0.2) is 0 Å². The molecule has 0 aliphatic heterocycles. The van der Waals surface area contributed by atoms with Crippen LogP contribution in [0.2, 0.25) is 5.02 Å². The molecular formula is C15H20ClN2O2. The molecule has 4 nitrogen and oxygen atoms in total. The van der Waals surface area contributed by atoms with Crippen LogP contribution in [0.25, 0.3) is 0 Å². The molecule has 0 unspecified atom stereocenters. The van der Waals surface area contributed by atoms with Gasteiger partial charge in [0.25, 0.3) is 0 Å². The minimum atomic E-state index is -0.696. The van der Waals surface area contributed by atoms with Crippen LogP contribution in [0.15, 0.2) is 24.3 Å². The van der Waals surface area contributed by atoms with E-state index in [4.69, 9.17) is 17.3 Å². The maximum atomic E-state index is 11.9. The van der Waals surface area contributed by atoms with Crippen LogP contribution in [0.1, 0.15) is 25.8 Å². The third-order valence-corrected chi connectivity index (χ3v) is 3.62. The summed E-state index contributed by atoms with van der Waals surface area (Å²) in [4.78, 5) is 22.9. The van der Waals surface area contributed by atoms with Gasteiger partial charge in [-0.25, -0.2) is 0 Å². The zero-order chi connectivity index (χ0) is 15.1. The predicted octanol–water partition coefficient (Wildman–Crippen LogP) is 1.85. The van der Waals surface area contributed by atoms with Crippen LogP contribution < -0.4 is 11.1 Å². The number of halogens is 1. The van der Waals surface area contributed by atoms with Crippen LogP contribution in [0.3, 0.4) is 0 Å². The van der Waals surface area contributed by atoms with Gasteiger partial charge in [-0.1, -0.05) is 44.0 Å². The number of hydrogen-bond acceptors (Lipinski definition) is 3. The molecule has 1 rings (SSSR count). The third-order valence-electron chi connectivity index (χ3n) is 3.37. The maximum absolute atomic E-state index is 11.9. The van der Waals surface area contributed by atoms with Crippen molar-refractivity contribution in [3.8, 4) is 0 Å². The SMILES string of the molecule is CC[C@H](C)[C@@H](N)C(=O)N[C@H]([C]=O)Cc1ccc(Cl)cc1. The summed E-state index contributed by atoms with van der Waals surface area (Å²) in [6.07, 6.45) is 3.02. The minimum absolute atomic E-state index is 0.0674. The molecule has 0 aliphatic carbocycles. The van der Waals surface area contributed by atoms with Gasteiger partial charge in [-0.15, -0.1) is 0 Å². The molecule has 0 aromatic heterocycles. The molecule has 1 aromatic rings. The van der Waals surface area contributed by atoms with Gasteiger partial charge in [-0.3, -0.25) is 9.59 Å². The summed E-state index contributed by atoms with van der Waals surface area (Å²) < 4.78 is 0. The van der Waals surface area contributed by atoms with Crippen LogP contribution >= 0.6 is 11.6 Å². The summed E-state index contributed by atoms with van der Waals surface area (Å²) in [5, 5.41) is 3.25. The monoisotopic (exact) mass is 295 g/mol. The minimum Gasteiger partial charge on any atom is -0.344 e. The molecule has 109 valence electrons. The van der Waals surface area contributed by atoms with Gasteiger partial charge in [-0.05, 0) is 23.6 Å². The maximum Gasteiger partial charge on any atom is 0.237 e. The Morgan fingerprint density at radius 3 is 2.50 bits per heavy atom. The molecule has 20 heavy (non-hydrogen) atoms. The molecule has 0 fully saturated rings. The summed E-state index contributed by atoms with van der Waals surface area (Å²) in [7, 11) is 0. The molecule has 5 heteroatoms. The second-order valence-electron chi connectivity index (χ2n) is 4.92. The van der Waals surface area contributed by atoms with Crippen molar-refractivity contribution in [3.05, 3.63) is 34.9 Å². The number of carbonyl (C=O) groups is 1. The summed E-state index contributed by atoms with van der Waals surface area (Å²) in [6.45, 7) is 3.87. The van der Waals surface area contributed by atoms with Gasteiger partial charge < -0.3 is 11.1 Å². The molecule has 0 saturated heterocycles. The smallest absolute Gasteiger partial charge is 0.237 e. The van der Waals surface area contributed by atoms with E-state index in [0.717, 1.165) is 12.0 Å². The van der Waals surface area contributed by atoms with E-state index in [1.165, 1.54) is 0 Å². The summed E-state index contributed by atoms with van der Waals surface area (Å²) in [5.74, 6) is -0.250. The fourth-order valence-electron chi connectivity index (χ4n) is 1.76. The average molecular weight is 296 g/mol. The van der Waals surface area contributed by atoms with Crippen molar-refractivity contribution in [2.45, 2.75) is 38.8 Å². The lowest BCUT2D eigenvalue weighted by Gasteiger charge is -2.20. The lowest BCUT2D eigenvalue weighted by Crippen LogP contribution is -2.49. The predicted molar refractivity (Wildman–Crippen MR) is 80.2 cm³/mol. The summed E-state index contributed by atoms with van der Waals surface area (Å²) in [5.41, 5.74) is 6.73. The highest BCUT2D eigenvalue weighted by molar-refractivity contribution is 6.30. The number of benzene rings is 1. The number of rotatable bonds is 7. The molecule has 0 bridgehead atoms. The first-order valence-corrected chi connectivity index (χ1v) is 7.03. The molecular weight excluding hydrogens is 276 g/mol. The van der Waals surface area contributed by atoms with Crippen molar-refractivity contribution in [2.75, 3.05) is 0 Å². The Balaban J connectivity index is 2.61. The van der Waals surface area contributed by atoms with Gasteiger partial charge >= 0.3 is 0 Å². The molecule has 0 aliphatic rings. The number of carbonyl (C=O) groups excluding carboxylic acids is 2. The Morgan fingerprint density at radius 1 is 1.40 bits per heavy atom. The van der Waals surface area contributed by atoms with E-state index in [1.807, 2.05) is 32.3 Å². The van der Waals surface area contributed by atoms with E-state index >= 15 is 0 Å². The lowest BCUT2D eigenvalue weighted by atomic mass is 9.98. The Bertz CT molecular complexity index is 448. The molecule has 0 spiro atoms. The van der Waals surface area contributed by atoms with E-state index in [9.17, 15) is 9.59 Å². The first-order chi connectivity index (χ1) is 9.47. The molecule has 1 amide bonds. The second kappa shape index (κ2) is 8.02. The van der Waals surface area contributed by atoms with E-state index in [-0.39, 0.29) is 11.8 Å². The van der Waals surface area contributed by atoms with Crippen LogP contribution in [0, 0.1) is 5.92 Å².